The molecular weight excluding hydrogens is 226 g/mol. The highest BCUT2D eigenvalue weighted by molar-refractivity contribution is 5.76. The molecule has 0 atom stereocenters. The maximum Gasteiger partial charge on any atom is 0.223 e. The second-order valence-corrected chi connectivity index (χ2v) is 6.05. The van der Waals surface area contributed by atoms with Crippen LogP contribution in [-0.4, -0.2) is 61.0 Å². The quantitative estimate of drug-likeness (QED) is 0.765. The van der Waals surface area contributed by atoms with E-state index in [0.29, 0.717) is 18.4 Å². The Kier molecular flexibility index (Phi) is 5.01. The standard InChI is InChI=1S/C14H27N3O/c1-12(2)11-16-7-9-17(10-8-16)14(18)5-6-15-13-3-4-13/h12-13,15H,3-11H2,1-2H3. The van der Waals surface area contributed by atoms with Gasteiger partial charge in [-0.1, -0.05) is 13.8 Å². The van der Waals surface area contributed by atoms with E-state index in [0.717, 1.165) is 45.2 Å². The molecule has 0 radical (unpaired) electrons. The number of carbonyl (C=O) groups excluding carboxylic acids is 1. The van der Waals surface area contributed by atoms with Crippen molar-refractivity contribution in [2.24, 2.45) is 5.92 Å². The van der Waals surface area contributed by atoms with Crippen LogP contribution in [0.2, 0.25) is 0 Å². The fourth-order valence-corrected chi connectivity index (χ4v) is 2.53. The molecule has 1 saturated heterocycles. The lowest BCUT2D eigenvalue weighted by atomic mass is 10.2. The molecule has 4 nitrogen and oxygen atoms in total. The summed E-state index contributed by atoms with van der Waals surface area (Å²) in [4.78, 5) is 16.5. The van der Waals surface area contributed by atoms with E-state index >= 15 is 0 Å². The van der Waals surface area contributed by atoms with Gasteiger partial charge in [-0.05, 0) is 18.8 Å². The Balaban J connectivity index is 1.60. The summed E-state index contributed by atoms with van der Waals surface area (Å²) in [5.41, 5.74) is 0. The van der Waals surface area contributed by atoms with Gasteiger partial charge in [0.2, 0.25) is 5.91 Å². The zero-order chi connectivity index (χ0) is 13.0. The van der Waals surface area contributed by atoms with Gasteiger partial charge < -0.3 is 10.2 Å². The van der Waals surface area contributed by atoms with E-state index in [1.165, 1.54) is 12.8 Å². The van der Waals surface area contributed by atoms with Crippen LogP contribution >= 0.6 is 0 Å². The topological polar surface area (TPSA) is 35.6 Å². The van der Waals surface area contributed by atoms with E-state index in [2.05, 4.69) is 24.1 Å². The molecule has 4 heteroatoms. The Morgan fingerprint density at radius 3 is 2.44 bits per heavy atom. The zero-order valence-corrected chi connectivity index (χ0v) is 11.8. The van der Waals surface area contributed by atoms with Crippen molar-refractivity contribution >= 4 is 5.91 Å². The van der Waals surface area contributed by atoms with Gasteiger partial charge in [-0.3, -0.25) is 9.69 Å². The number of amides is 1. The van der Waals surface area contributed by atoms with Crippen LogP contribution in [-0.2, 0) is 4.79 Å². The molecule has 0 unspecified atom stereocenters. The summed E-state index contributed by atoms with van der Waals surface area (Å²) in [5.74, 6) is 1.04. The zero-order valence-electron chi connectivity index (χ0n) is 11.8. The molecule has 1 amide bonds. The van der Waals surface area contributed by atoms with Crippen LogP contribution in [0.25, 0.3) is 0 Å². The van der Waals surface area contributed by atoms with Crippen molar-refractivity contribution in [3.05, 3.63) is 0 Å². The minimum Gasteiger partial charge on any atom is -0.340 e. The largest absolute Gasteiger partial charge is 0.340 e. The Labute approximate surface area is 111 Å². The summed E-state index contributed by atoms with van der Waals surface area (Å²) < 4.78 is 0. The van der Waals surface area contributed by atoms with E-state index in [9.17, 15) is 4.79 Å². The van der Waals surface area contributed by atoms with Crippen LogP contribution in [0.1, 0.15) is 33.1 Å². The van der Waals surface area contributed by atoms with Gasteiger partial charge in [0.15, 0.2) is 0 Å². The molecule has 2 fully saturated rings. The third-order valence-corrected chi connectivity index (χ3v) is 3.70. The van der Waals surface area contributed by atoms with Gasteiger partial charge in [0, 0.05) is 51.7 Å². The van der Waals surface area contributed by atoms with Crippen LogP contribution in [0.15, 0.2) is 0 Å². The summed E-state index contributed by atoms with van der Waals surface area (Å²) in [7, 11) is 0. The lowest BCUT2D eigenvalue weighted by molar-refractivity contribution is -0.132. The van der Waals surface area contributed by atoms with E-state index in [1.54, 1.807) is 0 Å². The fraction of sp³-hybridized carbons (Fsp3) is 0.929. The van der Waals surface area contributed by atoms with Crippen LogP contribution in [0, 0.1) is 5.92 Å². The summed E-state index contributed by atoms with van der Waals surface area (Å²) in [6, 6.07) is 0.709. The van der Waals surface area contributed by atoms with Crippen molar-refractivity contribution < 1.29 is 4.79 Å². The second kappa shape index (κ2) is 6.53. The molecule has 18 heavy (non-hydrogen) atoms. The third-order valence-electron chi connectivity index (χ3n) is 3.70. The predicted octanol–water partition coefficient (Wildman–Crippen LogP) is 0.929. The van der Waals surface area contributed by atoms with E-state index in [-0.39, 0.29) is 0 Å². The minimum atomic E-state index is 0.326. The van der Waals surface area contributed by atoms with E-state index in [1.807, 2.05) is 4.90 Å². The molecule has 0 aromatic rings. The van der Waals surface area contributed by atoms with E-state index in [4.69, 9.17) is 0 Å². The highest BCUT2D eigenvalue weighted by Gasteiger charge is 2.23. The number of nitrogens with zero attached hydrogens (tertiary/aromatic N) is 2. The number of rotatable bonds is 6. The molecule has 1 aliphatic carbocycles. The molecule has 1 aliphatic heterocycles. The first-order valence-corrected chi connectivity index (χ1v) is 7.38. The Bertz CT molecular complexity index is 268. The molecule has 0 aromatic carbocycles. The second-order valence-electron chi connectivity index (χ2n) is 6.05. The highest BCUT2D eigenvalue weighted by Crippen LogP contribution is 2.18. The van der Waals surface area contributed by atoms with Gasteiger partial charge in [0.05, 0.1) is 0 Å². The van der Waals surface area contributed by atoms with Crippen LogP contribution < -0.4 is 5.32 Å². The lowest BCUT2D eigenvalue weighted by Crippen LogP contribution is -2.49. The number of carbonyl (C=O) groups is 1. The number of hydrogen-bond acceptors (Lipinski definition) is 3. The lowest BCUT2D eigenvalue weighted by Gasteiger charge is -2.35. The SMILES string of the molecule is CC(C)CN1CCN(C(=O)CCNC2CC2)CC1. The van der Waals surface area contributed by atoms with E-state index < -0.39 is 0 Å². The van der Waals surface area contributed by atoms with Crippen molar-refractivity contribution in [3.63, 3.8) is 0 Å². The molecule has 0 aromatic heterocycles. The smallest absolute Gasteiger partial charge is 0.223 e. The average Bonchev–Trinajstić information content (AvgIpc) is 3.13. The normalized spacial score (nSPS) is 21.6. The van der Waals surface area contributed by atoms with Crippen molar-refractivity contribution in [1.82, 2.24) is 15.1 Å². The molecule has 1 heterocycles. The Morgan fingerprint density at radius 1 is 1.22 bits per heavy atom. The molecule has 2 aliphatic rings. The van der Waals surface area contributed by atoms with Gasteiger partial charge in [-0.15, -0.1) is 0 Å². The van der Waals surface area contributed by atoms with Crippen LogP contribution in [0.4, 0.5) is 0 Å². The van der Waals surface area contributed by atoms with Crippen molar-refractivity contribution in [1.29, 1.82) is 0 Å². The predicted molar refractivity (Wildman–Crippen MR) is 73.5 cm³/mol. The van der Waals surface area contributed by atoms with Gasteiger partial charge in [0.1, 0.15) is 0 Å². The summed E-state index contributed by atoms with van der Waals surface area (Å²) in [6.07, 6.45) is 3.25. The number of nitrogens with one attached hydrogen (secondary N) is 1. The Morgan fingerprint density at radius 2 is 1.89 bits per heavy atom. The third kappa shape index (κ3) is 4.58. The van der Waals surface area contributed by atoms with Crippen LogP contribution in [0.3, 0.4) is 0 Å². The number of piperazine rings is 1. The van der Waals surface area contributed by atoms with Gasteiger partial charge >= 0.3 is 0 Å². The molecular formula is C14H27N3O. The van der Waals surface area contributed by atoms with Gasteiger partial charge in [-0.25, -0.2) is 0 Å². The van der Waals surface area contributed by atoms with Gasteiger partial charge in [0.25, 0.3) is 0 Å². The van der Waals surface area contributed by atoms with Crippen LogP contribution in [0.5, 0.6) is 0 Å². The first-order chi connectivity index (χ1) is 8.65. The average molecular weight is 253 g/mol. The van der Waals surface area contributed by atoms with Crippen molar-refractivity contribution in [2.75, 3.05) is 39.3 Å². The monoisotopic (exact) mass is 253 g/mol. The molecule has 104 valence electrons. The number of hydrogen-bond donors (Lipinski definition) is 1. The van der Waals surface area contributed by atoms with Crippen molar-refractivity contribution in [3.8, 4) is 0 Å². The first-order valence-electron chi connectivity index (χ1n) is 7.38. The molecule has 0 bridgehead atoms. The molecule has 0 spiro atoms. The maximum absolute atomic E-state index is 12.0. The summed E-state index contributed by atoms with van der Waals surface area (Å²) in [5, 5.41) is 3.40. The molecule has 2 rings (SSSR count). The highest BCUT2D eigenvalue weighted by atomic mass is 16.2. The minimum absolute atomic E-state index is 0.326. The first kappa shape index (κ1) is 13.8. The summed E-state index contributed by atoms with van der Waals surface area (Å²) in [6.45, 7) is 10.4. The maximum atomic E-state index is 12.0. The molecule has 1 N–H and O–H groups in total. The van der Waals surface area contributed by atoms with Gasteiger partial charge in [-0.2, -0.15) is 0 Å². The Hall–Kier alpha value is -0.610. The molecule has 1 saturated carbocycles. The fourth-order valence-electron chi connectivity index (χ4n) is 2.53. The summed E-state index contributed by atoms with van der Waals surface area (Å²) >= 11 is 0. The van der Waals surface area contributed by atoms with Crippen molar-refractivity contribution in [2.45, 2.75) is 39.2 Å².